The summed E-state index contributed by atoms with van der Waals surface area (Å²) in [7, 11) is 3.15. The van der Waals surface area contributed by atoms with E-state index in [-0.39, 0.29) is 12.0 Å². The maximum Gasteiger partial charge on any atom is 0.321 e. The molecule has 0 aliphatic rings. The van der Waals surface area contributed by atoms with E-state index in [9.17, 15) is 0 Å². The van der Waals surface area contributed by atoms with Crippen LogP contribution < -0.4 is 19.9 Å². The number of nitrogens with zero attached hydrogens (tertiary/aromatic N) is 3. The van der Waals surface area contributed by atoms with Crippen molar-refractivity contribution in [2.45, 2.75) is 6.92 Å². The van der Waals surface area contributed by atoms with Crippen LogP contribution in [0.25, 0.3) is 11.4 Å². The first-order chi connectivity index (χ1) is 9.67. The summed E-state index contributed by atoms with van der Waals surface area (Å²) < 4.78 is 15.8. The second kappa shape index (κ2) is 6.05. The van der Waals surface area contributed by atoms with Crippen molar-refractivity contribution < 1.29 is 14.2 Å². The zero-order valence-corrected chi connectivity index (χ0v) is 11.6. The Morgan fingerprint density at radius 2 is 1.90 bits per heavy atom. The van der Waals surface area contributed by atoms with Crippen LogP contribution in [0.5, 0.6) is 17.5 Å². The number of benzene rings is 1. The number of nitrogen functional groups attached to an aromatic ring is 1. The molecule has 0 aliphatic heterocycles. The number of methoxy groups -OCH3 is 2. The van der Waals surface area contributed by atoms with E-state index in [0.29, 0.717) is 29.5 Å². The van der Waals surface area contributed by atoms with E-state index >= 15 is 0 Å². The van der Waals surface area contributed by atoms with Crippen LogP contribution in [0, 0.1) is 0 Å². The Balaban J connectivity index is 2.54. The maximum absolute atomic E-state index is 5.67. The summed E-state index contributed by atoms with van der Waals surface area (Å²) in [6.45, 7) is 2.28. The number of anilines is 1. The number of nitrogens with two attached hydrogens (primary N) is 1. The Morgan fingerprint density at radius 3 is 2.55 bits per heavy atom. The third kappa shape index (κ3) is 2.87. The molecule has 7 heteroatoms. The maximum atomic E-state index is 5.67. The molecule has 2 N–H and O–H groups in total. The van der Waals surface area contributed by atoms with E-state index in [1.54, 1.807) is 32.4 Å². The quantitative estimate of drug-likeness (QED) is 0.885. The van der Waals surface area contributed by atoms with Crippen LogP contribution in [0.15, 0.2) is 18.2 Å². The first kappa shape index (κ1) is 13.9. The van der Waals surface area contributed by atoms with Crippen molar-refractivity contribution in [3.8, 4) is 28.9 Å². The van der Waals surface area contributed by atoms with Gasteiger partial charge in [-0.15, -0.1) is 0 Å². The molecule has 0 fully saturated rings. The van der Waals surface area contributed by atoms with Crippen LogP contribution in [0.3, 0.4) is 0 Å². The molecule has 2 aromatic rings. The average molecular weight is 276 g/mol. The SMILES string of the molecule is CCOc1nc(N)nc(-c2cc(OC)ccc2OC)n1. The van der Waals surface area contributed by atoms with Gasteiger partial charge in [0.2, 0.25) is 5.95 Å². The first-order valence-corrected chi connectivity index (χ1v) is 6.04. The molecule has 106 valence electrons. The van der Waals surface area contributed by atoms with Gasteiger partial charge in [-0.2, -0.15) is 15.0 Å². The third-order valence-corrected chi connectivity index (χ3v) is 2.55. The molecule has 0 radical (unpaired) electrons. The Bertz CT molecular complexity index is 604. The van der Waals surface area contributed by atoms with E-state index < -0.39 is 0 Å². The molecule has 0 spiro atoms. The molecule has 0 bridgehead atoms. The molecule has 0 saturated heterocycles. The lowest BCUT2D eigenvalue weighted by molar-refractivity contribution is 0.312. The molecular weight excluding hydrogens is 260 g/mol. The second-order valence-corrected chi connectivity index (χ2v) is 3.80. The highest BCUT2D eigenvalue weighted by atomic mass is 16.5. The van der Waals surface area contributed by atoms with Gasteiger partial charge in [-0.25, -0.2) is 0 Å². The predicted octanol–water partition coefficient (Wildman–Crippen LogP) is 1.54. The zero-order valence-electron chi connectivity index (χ0n) is 11.6. The largest absolute Gasteiger partial charge is 0.497 e. The van der Waals surface area contributed by atoms with Crippen LogP contribution in [-0.4, -0.2) is 35.8 Å². The summed E-state index contributed by atoms with van der Waals surface area (Å²) in [6.07, 6.45) is 0. The molecule has 20 heavy (non-hydrogen) atoms. The lowest BCUT2D eigenvalue weighted by atomic mass is 10.1. The third-order valence-electron chi connectivity index (χ3n) is 2.55. The molecule has 7 nitrogen and oxygen atoms in total. The van der Waals surface area contributed by atoms with Gasteiger partial charge in [-0.3, -0.25) is 0 Å². The molecule has 0 atom stereocenters. The molecule has 1 aromatic carbocycles. The highest BCUT2D eigenvalue weighted by Crippen LogP contribution is 2.32. The fourth-order valence-corrected chi connectivity index (χ4v) is 1.67. The van der Waals surface area contributed by atoms with Gasteiger partial charge in [0.25, 0.3) is 0 Å². The normalized spacial score (nSPS) is 10.2. The van der Waals surface area contributed by atoms with Crippen molar-refractivity contribution >= 4 is 5.95 Å². The highest BCUT2D eigenvalue weighted by Gasteiger charge is 2.13. The molecule has 2 rings (SSSR count). The van der Waals surface area contributed by atoms with Gasteiger partial charge < -0.3 is 19.9 Å². The number of aromatic nitrogens is 3. The van der Waals surface area contributed by atoms with Gasteiger partial charge in [0.15, 0.2) is 5.82 Å². The molecule has 0 saturated carbocycles. The summed E-state index contributed by atoms with van der Waals surface area (Å²) >= 11 is 0. The average Bonchev–Trinajstić information content (AvgIpc) is 2.46. The molecule has 0 amide bonds. The van der Waals surface area contributed by atoms with Crippen molar-refractivity contribution in [2.24, 2.45) is 0 Å². The van der Waals surface area contributed by atoms with Crippen molar-refractivity contribution in [1.82, 2.24) is 15.0 Å². The van der Waals surface area contributed by atoms with E-state index in [4.69, 9.17) is 19.9 Å². The zero-order chi connectivity index (χ0) is 14.5. The van der Waals surface area contributed by atoms with Crippen LogP contribution in [-0.2, 0) is 0 Å². The number of hydrogen-bond acceptors (Lipinski definition) is 7. The van der Waals surface area contributed by atoms with Crippen LogP contribution >= 0.6 is 0 Å². The smallest absolute Gasteiger partial charge is 0.321 e. The monoisotopic (exact) mass is 276 g/mol. The molecule has 0 aliphatic carbocycles. The summed E-state index contributed by atoms with van der Waals surface area (Å²) in [5, 5.41) is 0. The van der Waals surface area contributed by atoms with Gasteiger partial charge >= 0.3 is 6.01 Å². The number of rotatable bonds is 5. The minimum absolute atomic E-state index is 0.0864. The lowest BCUT2D eigenvalue weighted by Gasteiger charge is -2.10. The minimum Gasteiger partial charge on any atom is -0.497 e. The van der Waals surface area contributed by atoms with Gasteiger partial charge in [0.1, 0.15) is 11.5 Å². The molecular formula is C13H16N4O3. The van der Waals surface area contributed by atoms with Crippen LogP contribution in [0.2, 0.25) is 0 Å². The molecule has 1 heterocycles. The summed E-state index contributed by atoms with van der Waals surface area (Å²) in [5.74, 6) is 1.73. The van der Waals surface area contributed by atoms with Crippen molar-refractivity contribution in [2.75, 3.05) is 26.6 Å². The van der Waals surface area contributed by atoms with E-state index in [0.717, 1.165) is 0 Å². The summed E-state index contributed by atoms with van der Waals surface area (Å²) in [6, 6.07) is 5.51. The Labute approximate surface area is 116 Å². The number of hydrogen-bond donors (Lipinski definition) is 1. The Morgan fingerprint density at radius 1 is 1.10 bits per heavy atom. The Kier molecular flexibility index (Phi) is 4.19. The first-order valence-electron chi connectivity index (χ1n) is 6.04. The fraction of sp³-hybridized carbons (Fsp3) is 0.308. The van der Waals surface area contributed by atoms with Gasteiger partial charge in [-0.1, -0.05) is 0 Å². The van der Waals surface area contributed by atoms with Crippen LogP contribution in [0.4, 0.5) is 5.95 Å². The summed E-state index contributed by atoms with van der Waals surface area (Å²) in [5.41, 5.74) is 6.33. The second-order valence-electron chi connectivity index (χ2n) is 3.80. The van der Waals surface area contributed by atoms with E-state index in [1.165, 1.54) is 0 Å². The van der Waals surface area contributed by atoms with E-state index in [1.807, 2.05) is 6.92 Å². The van der Waals surface area contributed by atoms with Crippen molar-refractivity contribution in [3.63, 3.8) is 0 Å². The van der Waals surface area contributed by atoms with Crippen molar-refractivity contribution in [1.29, 1.82) is 0 Å². The topological polar surface area (TPSA) is 92.4 Å². The summed E-state index contributed by atoms with van der Waals surface area (Å²) in [4.78, 5) is 12.2. The molecule has 0 unspecified atom stereocenters. The minimum atomic E-state index is 0.0864. The van der Waals surface area contributed by atoms with Gasteiger partial charge in [-0.05, 0) is 25.1 Å². The fourth-order valence-electron chi connectivity index (χ4n) is 1.67. The van der Waals surface area contributed by atoms with Gasteiger partial charge in [0.05, 0.1) is 26.4 Å². The predicted molar refractivity (Wildman–Crippen MR) is 73.9 cm³/mol. The highest BCUT2D eigenvalue weighted by molar-refractivity contribution is 5.67. The van der Waals surface area contributed by atoms with Crippen molar-refractivity contribution in [3.05, 3.63) is 18.2 Å². The Hall–Kier alpha value is -2.57. The standard InChI is InChI=1S/C13H16N4O3/c1-4-20-13-16-11(15-12(14)17-13)9-7-8(18-2)5-6-10(9)19-3/h5-7H,4H2,1-3H3,(H2,14,15,16,17). The molecule has 1 aromatic heterocycles. The van der Waals surface area contributed by atoms with Crippen LogP contribution in [0.1, 0.15) is 6.92 Å². The number of ether oxygens (including phenoxy) is 3. The van der Waals surface area contributed by atoms with Gasteiger partial charge in [0, 0.05) is 0 Å². The lowest BCUT2D eigenvalue weighted by Crippen LogP contribution is -2.05. The van der Waals surface area contributed by atoms with E-state index in [2.05, 4.69) is 15.0 Å².